The van der Waals surface area contributed by atoms with Crippen molar-refractivity contribution in [2.45, 2.75) is 31.3 Å². The molecule has 1 aromatic carbocycles. The average Bonchev–Trinajstić information content (AvgIpc) is 2.92. The Hall–Kier alpha value is -2.28. The predicted octanol–water partition coefficient (Wildman–Crippen LogP) is 2.51. The van der Waals surface area contributed by atoms with Gasteiger partial charge in [-0.15, -0.1) is 6.58 Å². The molecule has 2 aliphatic rings. The first-order chi connectivity index (χ1) is 12.9. The molecular formula is C20H24F2N2O3. The second-order valence-electron chi connectivity index (χ2n) is 7.15. The molecule has 27 heavy (non-hydrogen) atoms. The van der Waals surface area contributed by atoms with Crippen molar-refractivity contribution in [1.82, 2.24) is 9.80 Å². The molecule has 1 amide bonds. The quantitative estimate of drug-likeness (QED) is 0.584. The molecule has 1 unspecified atom stereocenters. The van der Waals surface area contributed by atoms with Gasteiger partial charge in [0.05, 0.1) is 18.6 Å². The molecule has 0 aliphatic carbocycles. The molecule has 0 bridgehead atoms. The summed E-state index contributed by atoms with van der Waals surface area (Å²) in [6, 6.07) is 3.84. The molecule has 1 spiro atoms. The van der Waals surface area contributed by atoms with Crippen molar-refractivity contribution < 1.29 is 23.1 Å². The molecule has 2 heterocycles. The predicted molar refractivity (Wildman–Crippen MR) is 95.6 cm³/mol. The molecule has 0 aromatic heterocycles. The molecule has 0 radical (unpaired) electrons. The highest BCUT2D eigenvalue weighted by Crippen LogP contribution is 2.44. The molecule has 7 heteroatoms. The van der Waals surface area contributed by atoms with Gasteiger partial charge >= 0.3 is 5.97 Å². The molecule has 2 saturated heterocycles. The van der Waals surface area contributed by atoms with Crippen LogP contribution in [0.2, 0.25) is 0 Å². The highest BCUT2D eigenvalue weighted by molar-refractivity contribution is 5.89. The molecule has 0 N–H and O–H groups in total. The van der Waals surface area contributed by atoms with Gasteiger partial charge in [0.2, 0.25) is 5.91 Å². The molecule has 2 aliphatic heterocycles. The summed E-state index contributed by atoms with van der Waals surface area (Å²) in [7, 11) is 1.33. The molecular weight excluding hydrogens is 354 g/mol. The molecule has 1 atom stereocenters. The van der Waals surface area contributed by atoms with Crippen LogP contribution in [0.1, 0.15) is 24.8 Å². The third kappa shape index (κ3) is 3.48. The van der Waals surface area contributed by atoms with Crippen LogP contribution < -0.4 is 0 Å². The summed E-state index contributed by atoms with van der Waals surface area (Å²) in [5.74, 6) is -2.12. The zero-order chi connectivity index (χ0) is 19.6. The van der Waals surface area contributed by atoms with Crippen LogP contribution in [0.15, 0.2) is 30.9 Å². The normalized spacial score (nSPS) is 22.3. The second-order valence-corrected chi connectivity index (χ2v) is 7.15. The van der Waals surface area contributed by atoms with Gasteiger partial charge in [-0.1, -0.05) is 12.1 Å². The van der Waals surface area contributed by atoms with Gasteiger partial charge in [0, 0.05) is 38.2 Å². The largest absolute Gasteiger partial charge is 0.469 e. The van der Waals surface area contributed by atoms with E-state index in [4.69, 9.17) is 4.74 Å². The maximum absolute atomic E-state index is 13.9. The molecule has 3 rings (SSSR count). The zero-order valence-electron chi connectivity index (χ0n) is 15.4. The van der Waals surface area contributed by atoms with Crippen LogP contribution in [0.4, 0.5) is 8.78 Å². The van der Waals surface area contributed by atoms with Crippen LogP contribution in [-0.4, -0.2) is 54.0 Å². The number of rotatable bonds is 5. The van der Waals surface area contributed by atoms with Gasteiger partial charge in [0.15, 0.2) is 0 Å². The van der Waals surface area contributed by atoms with E-state index in [1.807, 2.05) is 4.90 Å². The topological polar surface area (TPSA) is 49.9 Å². The number of benzene rings is 1. The van der Waals surface area contributed by atoms with Gasteiger partial charge in [-0.2, -0.15) is 0 Å². The summed E-state index contributed by atoms with van der Waals surface area (Å²) in [4.78, 5) is 28.5. The summed E-state index contributed by atoms with van der Waals surface area (Å²) >= 11 is 0. The highest BCUT2D eigenvalue weighted by atomic mass is 19.1. The monoisotopic (exact) mass is 378 g/mol. The van der Waals surface area contributed by atoms with E-state index in [9.17, 15) is 18.4 Å². The Morgan fingerprint density at radius 1 is 1.33 bits per heavy atom. The van der Waals surface area contributed by atoms with Gasteiger partial charge in [-0.25, -0.2) is 8.78 Å². The van der Waals surface area contributed by atoms with Crippen LogP contribution in [0.25, 0.3) is 0 Å². The minimum Gasteiger partial charge on any atom is -0.469 e. The second kappa shape index (κ2) is 7.76. The molecule has 1 aromatic rings. The molecule has 0 saturated carbocycles. The number of carbonyl (C=O) groups is 2. The Balaban J connectivity index is 1.78. The molecule has 146 valence electrons. The Morgan fingerprint density at radius 2 is 1.96 bits per heavy atom. The summed E-state index contributed by atoms with van der Waals surface area (Å²) in [6.45, 7) is 5.30. The Kier molecular flexibility index (Phi) is 5.60. The van der Waals surface area contributed by atoms with E-state index in [1.165, 1.54) is 25.3 Å². The van der Waals surface area contributed by atoms with Crippen molar-refractivity contribution in [3.05, 3.63) is 48.1 Å². The van der Waals surface area contributed by atoms with Crippen LogP contribution in [0.3, 0.4) is 0 Å². The van der Waals surface area contributed by atoms with Crippen LogP contribution >= 0.6 is 0 Å². The minimum atomic E-state index is -0.622. The summed E-state index contributed by atoms with van der Waals surface area (Å²) in [5, 5.41) is 0. The number of piperidine rings is 1. The number of carbonyl (C=O) groups excluding carboxylic acids is 2. The van der Waals surface area contributed by atoms with E-state index in [1.54, 1.807) is 11.0 Å². The smallest absolute Gasteiger partial charge is 0.311 e. The van der Waals surface area contributed by atoms with Crippen molar-refractivity contribution >= 4 is 11.9 Å². The average molecular weight is 378 g/mol. The first-order valence-corrected chi connectivity index (χ1v) is 9.07. The van der Waals surface area contributed by atoms with Gasteiger partial charge in [0.1, 0.15) is 11.6 Å². The number of hydrogen-bond donors (Lipinski definition) is 0. The lowest BCUT2D eigenvalue weighted by Crippen LogP contribution is -2.57. The highest BCUT2D eigenvalue weighted by Gasteiger charge is 2.56. The summed E-state index contributed by atoms with van der Waals surface area (Å²) < 4.78 is 32.8. The van der Waals surface area contributed by atoms with E-state index in [2.05, 4.69) is 6.58 Å². The number of amides is 1. The maximum Gasteiger partial charge on any atom is 0.311 e. The third-order valence-electron chi connectivity index (χ3n) is 5.83. The first-order valence-electron chi connectivity index (χ1n) is 9.07. The molecule has 5 nitrogen and oxygen atoms in total. The van der Waals surface area contributed by atoms with Crippen LogP contribution in [0, 0.1) is 17.6 Å². The maximum atomic E-state index is 13.9. The molecule has 2 fully saturated rings. The Bertz CT molecular complexity index is 724. The van der Waals surface area contributed by atoms with E-state index >= 15 is 0 Å². The number of esters is 1. The van der Waals surface area contributed by atoms with Crippen LogP contribution in [0.5, 0.6) is 0 Å². The van der Waals surface area contributed by atoms with E-state index in [0.717, 1.165) is 0 Å². The lowest BCUT2D eigenvalue weighted by atomic mass is 9.76. The van der Waals surface area contributed by atoms with E-state index in [0.29, 0.717) is 32.5 Å². The Morgan fingerprint density at radius 3 is 2.52 bits per heavy atom. The van der Waals surface area contributed by atoms with Crippen molar-refractivity contribution in [2.24, 2.45) is 5.92 Å². The van der Waals surface area contributed by atoms with Gasteiger partial charge in [0.25, 0.3) is 0 Å². The summed E-state index contributed by atoms with van der Waals surface area (Å²) in [6.07, 6.45) is 2.87. The standard InChI is InChI=1S/C20H24F2N2O3/c1-3-9-24-18(25)12-15(19(26)27-2)20(24)7-10-23(11-8-20)13-14-16(21)5-4-6-17(14)22/h3-6,15H,1,7-13H2,2H3. The number of hydrogen-bond acceptors (Lipinski definition) is 4. The lowest BCUT2D eigenvalue weighted by molar-refractivity contribution is -0.150. The van der Waals surface area contributed by atoms with Gasteiger partial charge < -0.3 is 9.64 Å². The van der Waals surface area contributed by atoms with Gasteiger partial charge in [-0.05, 0) is 25.0 Å². The number of methoxy groups -OCH3 is 1. The third-order valence-corrected chi connectivity index (χ3v) is 5.83. The van der Waals surface area contributed by atoms with Crippen molar-refractivity contribution in [2.75, 3.05) is 26.7 Å². The van der Waals surface area contributed by atoms with Gasteiger partial charge in [-0.3, -0.25) is 14.5 Å². The number of likely N-dealkylation sites (tertiary alicyclic amines) is 2. The lowest BCUT2D eigenvalue weighted by Gasteiger charge is -2.46. The fourth-order valence-corrected chi connectivity index (χ4v) is 4.39. The Labute approximate surface area is 157 Å². The van der Waals surface area contributed by atoms with Crippen molar-refractivity contribution in [3.8, 4) is 0 Å². The SMILES string of the molecule is C=CCN1C(=O)CC(C(=O)OC)C12CCN(Cc1c(F)cccc1F)CC2. The zero-order valence-corrected chi connectivity index (χ0v) is 15.4. The van der Waals surface area contributed by atoms with E-state index < -0.39 is 23.1 Å². The fourth-order valence-electron chi connectivity index (χ4n) is 4.39. The number of ether oxygens (including phenoxy) is 1. The minimum absolute atomic E-state index is 0.0448. The first kappa shape index (κ1) is 19.5. The fraction of sp³-hybridized carbons (Fsp3) is 0.500. The van der Waals surface area contributed by atoms with Crippen molar-refractivity contribution in [1.29, 1.82) is 0 Å². The van der Waals surface area contributed by atoms with E-state index in [-0.39, 0.29) is 30.4 Å². The van der Waals surface area contributed by atoms with Crippen LogP contribution in [-0.2, 0) is 20.9 Å². The summed E-state index contributed by atoms with van der Waals surface area (Å²) in [5.41, 5.74) is -0.578. The number of nitrogens with zero attached hydrogens (tertiary/aromatic N) is 2. The number of halogens is 2. The van der Waals surface area contributed by atoms with Crippen molar-refractivity contribution in [3.63, 3.8) is 0 Å².